The number of benzene rings is 1. The molecule has 0 radical (unpaired) electrons. The van der Waals surface area contributed by atoms with Crippen molar-refractivity contribution in [1.82, 2.24) is 5.32 Å². The van der Waals surface area contributed by atoms with Crippen LogP contribution in [0.2, 0.25) is 0 Å². The van der Waals surface area contributed by atoms with E-state index in [-0.39, 0.29) is 0 Å². The average molecular weight is 223 g/mol. The molecule has 0 saturated carbocycles. The van der Waals surface area contributed by atoms with Crippen molar-refractivity contribution in [3.8, 4) is 0 Å². The molecule has 2 heteroatoms. The first-order valence-electron chi connectivity index (χ1n) is 5.71. The first-order chi connectivity index (χ1) is 7.27. The molecule has 0 amide bonds. The highest BCUT2D eigenvalue weighted by Gasteiger charge is 2.02. The number of rotatable bonds is 6. The van der Waals surface area contributed by atoms with Gasteiger partial charge in [0.1, 0.15) is 0 Å². The summed E-state index contributed by atoms with van der Waals surface area (Å²) < 4.78 is 0. The Morgan fingerprint density at radius 1 is 1.27 bits per heavy atom. The van der Waals surface area contributed by atoms with E-state index in [1.807, 2.05) is 11.8 Å². The molecular weight excluding hydrogens is 202 g/mol. The zero-order valence-corrected chi connectivity index (χ0v) is 10.8. The summed E-state index contributed by atoms with van der Waals surface area (Å²) in [6.45, 7) is 8.56. The Labute approximate surface area is 97.7 Å². The minimum atomic E-state index is 0.990. The third kappa shape index (κ3) is 4.27. The lowest BCUT2D eigenvalue weighted by Gasteiger charge is -2.10. The molecule has 1 aromatic carbocycles. The molecule has 0 aliphatic rings. The molecular formula is C13H21NS. The summed E-state index contributed by atoms with van der Waals surface area (Å²) >= 11 is 1.97. The maximum atomic E-state index is 3.40. The normalized spacial score (nSPS) is 10.6. The molecule has 0 aliphatic heterocycles. The molecule has 84 valence electrons. The van der Waals surface area contributed by atoms with Crippen molar-refractivity contribution < 1.29 is 0 Å². The van der Waals surface area contributed by atoms with Crippen molar-refractivity contribution in [2.24, 2.45) is 0 Å². The van der Waals surface area contributed by atoms with Gasteiger partial charge in [-0.25, -0.2) is 0 Å². The van der Waals surface area contributed by atoms with Crippen LogP contribution in [0.25, 0.3) is 0 Å². The molecule has 0 aromatic heterocycles. The largest absolute Gasteiger partial charge is 0.313 e. The van der Waals surface area contributed by atoms with Crippen LogP contribution in [-0.2, 0) is 6.54 Å². The molecule has 0 saturated heterocycles. The minimum Gasteiger partial charge on any atom is -0.313 e. The number of hydrogen-bond acceptors (Lipinski definition) is 2. The number of hydrogen-bond donors (Lipinski definition) is 1. The zero-order valence-electron chi connectivity index (χ0n) is 9.97. The summed E-state index contributed by atoms with van der Waals surface area (Å²) in [6, 6.07) is 6.75. The van der Waals surface area contributed by atoms with Crippen molar-refractivity contribution in [3.63, 3.8) is 0 Å². The Kier molecular flexibility index (Phi) is 5.81. The fourth-order valence-corrected chi connectivity index (χ4v) is 2.36. The van der Waals surface area contributed by atoms with Gasteiger partial charge < -0.3 is 5.32 Å². The summed E-state index contributed by atoms with van der Waals surface area (Å²) in [5, 5.41) is 3.40. The number of aryl methyl sites for hydroxylation is 1. The molecule has 0 atom stereocenters. The van der Waals surface area contributed by atoms with Crippen molar-refractivity contribution >= 4 is 11.8 Å². The van der Waals surface area contributed by atoms with Gasteiger partial charge in [-0.3, -0.25) is 0 Å². The van der Waals surface area contributed by atoms with Crippen LogP contribution in [0, 0.1) is 6.92 Å². The van der Waals surface area contributed by atoms with Gasteiger partial charge in [0.05, 0.1) is 0 Å². The molecule has 1 nitrogen and oxygen atoms in total. The second-order valence-corrected chi connectivity index (χ2v) is 4.88. The average Bonchev–Trinajstić information content (AvgIpc) is 2.25. The molecule has 0 bridgehead atoms. The van der Waals surface area contributed by atoms with E-state index < -0.39 is 0 Å². The Morgan fingerprint density at radius 3 is 2.73 bits per heavy atom. The molecule has 0 spiro atoms. The van der Waals surface area contributed by atoms with Gasteiger partial charge in [-0.15, -0.1) is 11.8 Å². The van der Waals surface area contributed by atoms with E-state index >= 15 is 0 Å². The monoisotopic (exact) mass is 223 g/mol. The summed E-state index contributed by atoms with van der Waals surface area (Å²) in [5.74, 6) is 1.21. The van der Waals surface area contributed by atoms with Crippen LogP contribution in [0.5, 0.6) is 0 Å². The fraction of sp³-hybridized carbons (Fsp3) is 0.538. The van der Waals surface area contributed by atoms with E-state index in [1.54, 1.807) is 0 Å². The molecule has 15 heavy (non-hydrogen) atoms. The van der Waals surface area contributed by atoms with Crippen LogP contribution >= 0.6 is 11.8 Å². The van der Waals surface area contributed by atoms with Crippen LogP contribution in [0.3, 0.4) is 0 Å². The van der Waals surface area contributed by atoms with Gasteiger partial charge >= 0.3 is 0 Å². The Bertz CT molecular complexity index is 297. The van der Waals surface area contributed by atoms with Gasteiger partial charge in [-0.2, -0.15) is 0 Å². The lowest BCUT2D eigenvalue weighted by molar-refractivity contribution is 0.717. The molecule has 1 rings (SSSR count). The van der Waals surface area contributed by atoms with E-state index in [0.717, 1.165) is 13.1 Å². The molecule has 0 unspecified atom stereocenters. The van der Waals surface area contributed by atoms with E-state index in [9.17, 15) is 0 Å². The van der Waals surface area contributed by atoms with Crippen molar-refractivity contribution in [1.29, 1.82) is 0 Å². The lowest BCUT2D eigenvalue weighted by Crippen LogP contribution is -2.12. The molecule has 1 N–H and O–H groups in total. The van der Waals surface area contributed by atoms with Crippen LogP contribution in [0.4, 0.5) is 0 Å². The highest BCUT2D eigenvalue weighted by atomic mass is 32.2. The minimum absolute atomic E-state index is 0.990. The predicted molar refractivity (Wildman–Crippen MR) is 69.6 cm³/mol. The molecule has 0 heterocycles. The van der Waals surface area contributed by atoms with Gasteiger partial charge in [0.25, 0.3) is 0 Å². The third-order valence-electron chi connectivity index (χ3n) is 2.24. The Hall–Kier alpha value is -0.470. The Balaban J connectivity index is 2.73. The topological polar surface area (TPSA) is 12.0 Å². The fourth-order valence-electron chi connectivity index (χ4n) is 1.46. The van der Waals surface area contributed by atoms with E-state index in [1.165, 1.54) is 28.2 Å². The number of nitrogens with one attached hydrogen (secondary N) is 1. The smallest absolute Gasteiger partial charge is 0.0216 e. The maximum Gasteiger partial charge on any atom is 0.0216 e. The number of thioether (sulfide) groups is 1. The standard InChI is InChI=1S/C13H21NS/c1-4-8-15-13-7-6-11(3)9-12(13)10-14-5-2/h6-7,9,14H,4-5,8,10H2,1-3H3. The lowest BCUT2D eigenvalue weighted by atomic mass is 10.1. The van der Waals surface area contributed by atoms with E-state index in [4.69, 9.17) is 0 Å². The van der Waals surface area contributed by atoms with Crippen LogP contribution in [0.15, 0.2) is 23.1 Å². The Morgan fingerprint density at radius 2 is 2.07 bits per heavy atom. The highest BCUT2D eigenvalue weighted by molar-refractivity contribution is 7.99. The van der Waals surface area contributed by atoms with Gasteiger partial charge in [-0.05, 0) is 37.3 Å². The summed E-state index contributed by atoms with van der Waals surface area (Å²) in [6.07, 6.45) is 1.24. The highest BCUT2D eigenvalue weighted by Crippen LogP contribution is 2.24. The summed E-state index contributed by atoms with van der Waals surface area (Å²) in [7, 11) is 0. The zero-order chi connectivity index (χ0) is 11.1. The quantitative estimate of drug-likeness (QED) is 0.739. The van der Waals surface area contributed by atoms with E-state index in [2.05, 4.69) is 44.3 Å². The SMILES string of the molecule is CCCSc1ccc(C)cc1CNCC. The molecule has 0 aliphatic carbocycles. The van der Waals surface area contributed by atoms with Gasteiger partial charge in [-0.1, -0.05) is 31.5 Å². The first kappa shape index (κ1) is 12.6. The molecule has 0 fully saturated rings. The van der Waals surface area contributed by atoms with Gasteiger partial charge in [0.15, 0.2) is 0 Å². The van der Waals surface area contributed by atoms with Crippen molar-refractivity contribution in [2.75, 3.05) is 12.3 Å². The maximum absolute atomic E-state index is 3.40. The van der Waals surface area contributed by atoms with Crippen LogP contribution in [0.1, 0.15) is 31.4 Å². The predicted octanol–water partition coefficient (Wildman–Crippen LogP) is 3.61. The van der Waals surface area contributed by atoms with Crippen molar-refractivity contribution in [3.05, 3.63) is 29.3 Å². The van der Waals surface area contributed by atoms with Gasteiger partial charge in [0.2, 0.25) is 0 Å². The van der Waals surface area contributed by atoms with Crippen LogP contribution < -0.4 is 5.32 Å². The second-order valence-electron chi connectivity index (χ2n) is 3.74. The van der Waals surface area contributed by atoms with Gasteiger partial charge in [0, 0.05) is 11.4 Å². The van der Waals surface area contributed by atoms with E-state index in [0.29, 0.717) is 0 Å². The third-order valence-corrected chi connectivity index (χ3v) is 3.56. The first-order valence-corrected chi connectivity index (χ1v) is 6.69. The van der Waals surface area contributed by atoms with Crippen molar-refractivity contribution in [2.45, 2.75) is 38.6 Å². The van der Waals surface area contributed by atoms with Crippen LogP contribution in [-0.4, -0.2) is 12.3 Å². The summed E-state index contributed by atoms with van der Waals surface area (Å²) in [4.78, 5) is 1.43. The second kappa shape index (κ2) is 6.91. The molecule has 1 aromatic rings. The summed E-state index contributed by atoms with van der Waals surface area (Å²) in [5.41, 5.74) is 2.79.